The summed E-state index contributed by atoms with van der Waals surface area (Å²) >= 11 is 0. The van der Waals surface area contributed by atoms with Crippen LogP contribution in [0, 0.1) is 12.3 Å². The van der Waals surface area contributed by atoms with E-state index in [-0.39, 0.29) is 12.1 Å². The van der Waals surface area contributed by atoms with Gasteiger partial charge in [-0.15, -0.1) is 6.42 Å². The first kappa shape index (κ1) is 12.8. The number of esters is 1. The SMILES string of the molecule is C#CC1=C(C)[C@@H](O)C[C@H](OC(=O)CCC)C1. The number of aliphatic hydroxyl groups excluding tert-OH is 1. The second kappa shape index (κ2) is 5.72. The lowest BCUT2D eigenvalue weighted by atomic mass is 9.89. The minimum Gasteiger partial charge on any atom is -0.462 e. The molecule has 1 N–H and O–H groups in total. The zero-order chi connectivity index (χ0) is 12.1. The Bertz CT molecular complexity index is 336. The summed E-state index contributed by atoms with van der Waals surface area (Å²) in [5.74, 6) is 2.34. The van der Waals surface area contributed by atoms with Gasteiger partial charge >= 0.3 is 5.97 Å². The fourth-order valence-electron chi connectivity index (χ4n) is 1.81. The van der Waals surface area contributed by atoms with Crippen LogP contribution in [0.4, 0.5) is 0 Å². The van der Waals surface area contributed by atoms with E-state index in [1.165, 1.54) is 0 Å². The van der Waals surface area contributed by atoms with Crippen molar-refractivity contribution in [3.05, 3.63) is 11.1 Å². The fourth-order valence-corrected chi connectivity index (χ4v) is 1.81. The molecule has 16 heavy (non-hydrogen) atoms. The van der Waals surface area contributed by atoms with Gasteiger partial charge in [0.25, 0.3) is 0 Å². The van der Waals surface area contributed by atoms with Gasteiger partial charge in [-0.05, 0) is 18.9 Å². The van der Waals surface area contributed by atoms with Gasteiger partial charge in [-0.1, -0.05) is 12.8 Å². The van der Waals surface area contributed by atoms with E-state index in [0.717, 1.165) is 17.6 Å². The van der Waals surface area contributed by atoms with Crippen molar-refractivity contribution in [1.29, 1.82) is 0 Å². The van der Waals surface area contributed by atoms with Crippen LogP contribution in [0.1, 0.15) is 39.5 Å². The lowest BCUT2D eigenvalue weighted by Gasteiger charge is -2.27. The topological polar surface area (TPSA) is 46.5 Å². The maximum absolute atomic E-state index is 11.3. The number of rotatable bonds is 3. The Morgan fingerprint density at radius 3 is 2.94 bits per heavy atom. The van der Waals surface area contributed by atoms with Gasteiger partial charge in [-0.3, -0.25) is 4.79 Å². The highest BCUT2D eigenvalue weighted by molar-refractivity contribution is 5.69. The van der Waals surface area contributed by atoms with Gasteiger partial charge in [0.1, 0.15) is 6.10 Å². The molecule has 3 heteroatoms. The first-order chi connectivity index (χ1) is 7.58. The van der Waals surface area contributed by atoms with Crippen molar-refractivity contribution >= 4 is 5.97 Å². The number of terminal acetylenes is 1. The average molecular weight is 222 g/mol. The molecule has 0 aliphatic heterocycles. The molecule has 0 fully saturated rings. The van der Waals surface area contributed by atoms with Crippen LogP contribution in [0.5, 0.6) is 0 Å². The second-order valence-corrected chi connectivity index (χ2v) is 4.12. The Morgan fingerprint density at radius 1 is 1.69 bits per heavy atom. The van der Waals surface area contributed by atoms with Crippen molar-refractivity contribution in [2.75, 3.05) is 0 Å². The highest BCUT2D eigenvalue weighted by Crippen LogP contribution is 2.27. The van der Waals surface area contributed by atoms with Crippen molar-refractivity contribution in [1.82, 2.24) is 0 Å². The highest BCUT2D eigenvalue weighted by atomic mass is 16.5. The Morgan fingerprint density at radius 2 is 2.38 bits per heavy atom. The second-order valence-electron chi connectivity index (χ2n) is 4.12. The Kier molecular flexibility index (Phi) is 4.57. The van der Waals surface area contributed by atoms with E-state index in [4.69, 9.17) is 11.2 Å². The molecule has 0 heterocycles. The predicted octanol–water partition coefficient (Wildman–Crippen LogP) is 1.80. The van der Waals surface area contributed by atoms with E-state index < -0.39 is 6.10 Å². The van der Waals surface area contributed by atoms with Crippen molar-refractivity contribution in [2.24, 2.45) is 0 Å². The lowest BCUT2D eigenvalue weighted by molar-refractivity contribution is -0.150. The molecule has 0 saturated carbocycles. The number of hydrogen-bond acceptors (Lipinski definition) is 3. The fraction of sp³-hybridized carbons (Fsp3) is 0.615. The van der Waals surface area contributed by atoms with Crippen LogP contribution in [0.3, 0.4) is 0 Å². The van der Waals surface area contributed by atoms with Gasteiger partial charge in [0.2, 0.25) is 0 Å². The highest BCUT2D eigenvalue weighted by Gasteiger charge is 2.27. The third kappa shape index (κ3) is 3.11. The Balaban J connectivity index is 2.62. The van der Waals surface area contributed by atoms with Gasteiger partial charge < -0.3 is 9.84 Å². The summed E-state index contributed by atoms with van der Waals surface area (Å²) in [6.07, 6.45) is 6.68. The number of carbonyl (C=O) groups excluding carboxylic acids is 1. The molecule has 0 saturated heterocycles. The smallest absolute Gasteiger partial charge is 0.306 e. The van der Waals surface area contributed by atoms with E-state index in [1.54, 1.807) is 0 Å². The number of aliphatic hydroxyl groups is 1. The summed E-state index contributed by atoms with van der Waals surface area (Å²) in [5.41, 5.74) is 1.58. The molecule has 1 aliphatic rings. The average Bonchev–Trinajstić information content (AvgIpc) is 2.23. The number of carbonyl (C=O) groups is 1. The van der Waals surface area contributed by atoms with Gasteiger partial charge in [-0.2, -0.15) is 0 Å². The maximum Gasteiger partial charge on any atom is 0.306 e. The molecule has 0 radical (unpaired) electrons. The quantitative estimate of drug-likeness (QED) is 0.585. The van der Waals surface area contributed by atoms with E-state index in [1.807, 2.05) is 13.8 Å². The minimum atomic E-state index is -0.584. The summed E-state index contributed by atoms with van der Waals surface area (Å²) in [7, 11) is 0. The van der Waals surface area contributed by atoms with Crippen LogP contribution in [-0.2, 0) is 9.53 Å². The van der Waals surface area contributed by atoms with Gasteiger partial charge in [0.05, 0.1) is 6.10 Å². The van der Waals surface area contributed by atoms with Crippen molar-refractivity contribution < 1.29 is 14.6 Å². The molecule has 3 nitrogen and oxygen atoms in total. The molecule has 0 aromatic rings. The van der Waals surface area contributed by atoms with Crippen LogP contribution < -0.4 is 0 Å². The maximum atomic E-state index is 11.3. The molecule has 0 amide bonds. The monoisotopic (exact) mass is 222 g/mol. The Hall–Kier alpha value is -1.27. The van der Waals surface area contributed by atoms with Crippen molar-refractivity contribution in [3.63, 3.8) is 0 Å². The zero-order valence-corrected chi connectivity index (χ0v) is 9.82. The van der Waals surface area contributed by atoms with Gasteiger partial charge in [0, 0.05) is 24.8 Å². The summed E-state index contributed by atoms with van der Waals surface area (Å²) in [6, 6.07) is 0. The van der Waals surface area contributed by atoms with Crippen LogP contribution >= 0.6 is 0 Å². The zero-order valence-electron chi connectivity index (χ0n) is 9.82. The molecular formula is C13H18O3. The third-order valence-electron chi connectivity index (χ3n) is 2.82. The summed E-state index contributed by atoms with van der Waals surface area (Å²) in [4.78, 5) is 11.3. The summed E-state index contributed by atoms with van der Waals surface area (Å²) in [6.45, 7) is 3.75. The molecule has 0 spiro atoms. The van der Waals surface area contributed by atoms with Gasteiger partial charge in [0.15, 0.2) is 0 Å². The molecule has 0 aromatic heterocycles. The predicted molar refractivity (Wildman–Crippen MR) is 61.6 cm³/mol. The summed E-state index contributed by atoms with van der Waals surface area (Å²) in [5, 5.41) is 9.75. The molecule has 0 bridgehead atoms. The molecule has 0 aromatic carbocycles. The molecular weight excluding hydrogens is 204 g/mol. The van der Waals surface area contributed by atoms with E-state index in [0.29, 0.717) is 19.3 Å². The number of ether oxygens (including phenoxy) is 1. The normalized spacial score (nSPS) is 25.1. The molecule has 2 atom stereocenters. The van der Waals surface area contributed by atoms with E-state index in [2.05, 4.69) is 5.92 Å². The van der Waals surface area contributed by atoms with E-state index >= 15 is 0 Å². The molecule has 1 aliphatic carbocycles. The van der Waals surface area contributed by atoms with Crippen LogP contribution in [-0.4, -0.2) is 23.3 Å². The van der Waals surface area contributed by atoms with Crippen LogP contribution in [0.2, 0.25) is 0 Å². The molecule has 88 valence electrons. The van der Waals surface area contributed by atoms with Gasteiger partial charge in [-0.25, -0.2) is 0 Å². The number of hydrogen-bond donors (Lipinski definition) is 1. The third-order valence-corrected chi connectivity index (χ3v) is 2.82. The van der Waals surface area contributed by atoms with E-state index in [9.17, 15) is 9.90 Å². The standard InChI is InChI=1S/C13H18O3/c1-4-6-13(15)16-11-7-10(5-2)9(3)12(14)8-11/h2,11-12,14H,4,6-8H2,1,3H3/t11-,12+/m1/s1. The Labute approximate surface area is 96.5 Å². The lowest BCUT2D eigenvalue weighted by Crippen LogP contribution is -2.29. The summed E-state index contributed by atoms with van der Waals surface area (Å²) < 4.78 is 5.25. The van der Waals surface area contributed by atoms with Crippen LogP contribution in [0.15, 0.2) is 11.1 Å². The van der Waals surface area contributed by atoms with Crippen molar-refractivity contribution in [2.45, 2.75) is 51.7 Å². The van der Waals surface area contributed by atoms with Crippen LogP contribution in [0.25, 0.3) is 0 Å². The van der Waals surface area contributed by atoms with Crippen molar-refractivity contribution in [3.8, 4) is 12.3 Å². The first-order valence-electron chi connectivity index (χ1n) is 5.62. The largest absolute Gasteiger partial charge is 0.462 e. The first-order valence-corrected chi connectivity index (χ1v) is 5.62. The molecule has 1 rings (SSSR count). The minimum absolute atomic E-state index is 0.212. The molecule has 0 unspecified atom stereocenters.